The van der Waals surface area contributed by atoms with Crippen molar-refractivity contribution in [2.24, 2.45) is 5.41 Å². The van der Waals surface area contributed by atoms with Crippen molar-refractivity contribution in [2.75, 3.05) is 74.5 Å². The standard InChI is InChI=1S/C18H30O8S4/c1-27-7-14(19)23-6-5-18(11-24-15(20)8-28-2,12-25-16(21)9-29-3)13-26-17(22)10-30-4/h5-13H2,1-4H3. The quantitative estimate of drug-likeness (QED) is 0.214. The molecule has 0 aliphatic rings. The van der Waals surface area contributed by atoms with Crippen molar-refractivity contribution in [1.82, 2.24) is 0 Å². The topological polar surface area (TPSA) is 105 Å². The maximum atomic E-state index is 11.9. The van der Waals surface area contributed by atoms with E-state index in [2.05, 4.69) is 0 Å². The average molecular weight is 503 g/mol. The number of carbonyl (C=O) groups excluding carboxylic acids is 4. The van der Waals surface area contributed by atoms with Crippen molar-refractivity contribution in [3.63, 3.8) is 0 Å². The van der Waals surface area contributed by atoms with E-state index in [0.717, 1.165) is 0 Å². The smallest absolute Gasteiger partial charge is 0.315 e. The summed E-state index contributed by atoms with van der Waals surface area (Å²) in [6, 6.07) is 0. The van der Waals surface area contributed by atoms with Crippen molar-refractivity contribution in [3.05, 3.63) is 0 Å². The van der Waals surface area contributed by atoms with Gasteiger partial charge in [-0.05, 0) is 31.4 Å². The first-order valence-corrected chi connectivity index (χ1v) is 14.5. The SMILES string of the molecule is CSCC(=O)OCCC(COC(=O)CSC)(COC(=O)CSC)COC(=O)CSC. The predicted octanol–water partition coefficient (Wildman–Crippen LogP) is 1.99. The lowest BCUT2D eigenvalue weighted by molar-refractivity contribution is -0.162. The summed E-state index contributed by atoms with van der Waals surface area (Å²) in [5.74, 6) is -0.978. The molecule has 0 N–H and O–H groups in total. The molecule has 174 valence electrons. The minimum absolute atomic E-state index is 0.0135. The zero-order chi connectivity index (χ0) is 22.8. The molecule has 0 saturated heterocycles. The highest BCUT2D eigenvalue weighted by molar-refractivity contribution is 7.99. The predicted molar refractivity (Wildman–Crippen MR) is 124 cm³/mol. The van der Waals surface area contributed by atoms with Crippen LogP contribution in [0.4, 0.5) is 0 Å². The van der Waals surface area contributed by atoms with Gasteiger partial charge in [-0.1, -0.05) is 0 Å². The minimum Gasteiger partial charge on any atom is -0.465 e. The van der Waals surface area contributed by atoms with Gasteiger partial charge in [0.15, 0.2) is 0 Å². The van der Waals surface area contributed by atoms with E-state index < -0.39 is 23.3 Å². The van der Waals surface area contributed by atoms with Gasteiger partial charge in [-0.25, -0.2) is 0 Å². The summed E-state index contributed by atoms with van der Waals surface area (Å²) in [6.45, 7) is -0.387. The highest BCUT2D eigenvalue weighted by atomic mass is 32.2. The fraction of sp³-hybridized carbons (Fsp3) is 0.778. The van der Waals surface area contributed by atoms with Crippen LogP contribution in [0.3, 0.4) is 0 Å². The third kappa shape index (κ3) is 14.3. The Hall–Kier alpha value is -0.720. The van der Waals surface area contributed by atoms with E-state index in [1.807, 2.05) is 0 Å². The van der Waals surface area contributed by atoms with Gasteiger partial charge in [0.05, 0.1) is 35.0 Å². The normalized spacial score (nSPS) is 10.9. The highest BCUT2D eigenvalue weighted by Crippen LogP contribution is 2.26. The second-order valence-corrected chi connectivity index (χ2v) is 9.65. The molecule has 8 nitrogen and oxygen atoms in total. The Morgan fingerprint density at radius 2 is 0.867 bits per heavy atom. The Labute approximate surface area is 195 Å². The van der Waals surface area contributed by atoms with Gasteiger partial charge in [-0.15, -0.1) is 0 Å². The first-order chi connectivity index (χ1) is 14.3. The van der Waals surface area contributed by atoms with E-state index in [0.29, 0.717) is 0 Å². The fourth-order valence-electron chi connectivity index (χ4n) is 2.06. The molecule has 0 saturated carbocycles. The van der Waals surface area contributed by atoms with Crippen LogP contribution in [0.5, 0.6) is 0 Å². The summed E-state index contributed by atoms with van der Waals surface area (Å²) < 4.78 is 21.2. The Balaban J connectivity index is 5.31. The van der Waals surface area contributed by atoms with Gasteiger partial charge in [-0.3, -0.25) is 19.2 Å². The van der Waals surface area contributed by atoms with Crippen LogP contribution < -0.4 is 0 Å². The molecule has 0 unspecified atom stereocenters. The van der Waals surface area contributed by atoms with Crippen LogP contribution in [-0.4, -0.2) is 98.3 Å². The van der Waals surface area contributed by atoms with Crippen molar-refractivity contribution < 1.29 is 38.1 Å². The summed E-state index contributed by atoms with van der Waals surface area (Å²) in [5.41, 5.74) is -1.02. The van der Waals surface area contributed by atoms with Crippen molar-refractivity contribution in [2.45, 2.75) is 6.42 Å². The van der Waals surface area contributed by atoms with Crippen LogP contribution in [0.15, 0.2) is 0 Å². The largest absolute Gasteiger partial charge is 0.465 e. The molecule has 0 aromatic heterocycles. The zero-order valence-corrected chi connectivity index (χ0v) is 21.0. The fourth-order valence-corrected chi connectivity index (χ4v) is 3.34. The first kappa shape index (κ1) is 29.3. The molecule has 30 heavy (non-hydrogen) atoms. The number of thioether (sulfide) groups is 4. The summed E-state index contributed by atoms with van der Waals surface area (Å²) >= 11 is 5.28. The third-order valence-electron chi connectivity index (χ3n) is 3.56. The molecule has 0 fully saturated rings. The molecule has 0 rings (SSSR count). The Morgan fingerprint density at radius 3 is 1.17 bits per heavy atom. The molecular formula is C18H30O8S4. The molecular weight excluding hydrogens is 472 g/mol. The van der Waals surface area contributed by atoms with E-state index in [-0.39, 0.29) is 61.8 Å². The molecule has 0 aromatic carbocycles. The van der Waals surface area contributed by atoms with E-state index in [1.54, 1.807) is 25.0 Å². The molecule has 0 radical (unpaired) electrons. The molecule has 12 heteroatoms. The van der Waals surface area contributed by atoms with Crippen LogP contribution in [-0.2, 0) is 38.1 Å². The van der Waals surface area contributed by atoms with Crippen molar-refractivity contribution in [1.29, 1.82) is 0 Å². The number of hydrogen-bond acceptors (Lipinski definition) is 12. The number of hydrogen-bond donors (Lipinski definition) is 0. The summed E-state index contributed by atoms with van der Waals surface area (Å²) in [4.78, 5) is 47.3. The van der Waals surface area contributed by atoms with E-state index in [1.165, 1.54) is 47.0 Å². The number of carbonyl (C=O) groups is 4. The summed E-state index contributed by atoms with van der Waals surface area (Å²) in [6.07, 6.45) is 7.29. The molecule has 0 aliphatic heterocycles. The molecule has 0 bridgehead atoms. The lowest BCUT2D eigenvalue weighted by Gasteiger charge is -2.32. The van der Waals surface area contributed by atoms with Gasteiger partial charge in [0.2, 0.25) is 0 Å². The van der Waals surface area contributed by atoms with E-state index in [9.17, 15) is 19.2 Å². The van der Waals surface area contributed by atoms with Gasteiger partial charge < -0.3 is 18.9 Å². The third-order valence-corrected chi connectivity index (χ3v) is 5.66. The van der Waals surface area contributed by atoms with Crippen LogP contribution in [0, 0.1) is 5.41 Å². The molecule has 0 atom stereocenters. The lowest BCUT2D eigenvalue weighted by Crippen LogP contribution is -2.41. The maximum Gasteiger partial charge on any atom is 0.315 e. The Kier molecular flexibility index (Phi) is 17.5. The summed E-state index contributed by atoms with van der Waals surface area (Å²) in [7, 11) is 0. The number of ether oxygens (including phenoxy) is 4. The Bertz CT molecular complexity index is 489. The van der Waals surface area contributed by atoms with Crippen LogP contribution in [0.2, 0.25) is 0 Å². The molecule has 0 amide bonds. The average Bonchev–Trinajstić information content (AvgIpc) is 2.70. The van der Waals surface area contributed by atoms with E-state index >= 15 is 0 Å². The van der Waals surface area contributed by atoms with Crippen molar-refractivity contribution in [3.8, 4) is 0 Å². The maximum absolute atomic E-state index is 11.9. The number of esters is 4. The molecule has 0 heterocycles. The van der Waals surface area contributed by atoms with Gasteiger partial charge in [-0.2, -0.15) is 47.0 Å². The monoisotopic (exact) mass is 502 g/mol. The second kappa shape index (κ2) is 17.9. The molecule has 0 spiro atoms. The molecule has 0 aliphatic carbocycles. The van der Waals surface area contributed by atoms with Gasteiger partial charge in [0.25, 0.3) is 0 Å². The van der Waals surface area contributed by atoms with E-state index in [4.69, 9.17) is 18.9 Å². The molecule has 0 aromatic rings. The summed E-state index contributed by atoms with van der Waals surface area (Å²) in [5, 5.41) is 0. The minimum atomic E-state index is -1.02. The number of rotatable bonds is 17. The first-order valence-electron chi connectivity index (χ1n) is 8.90. The van der Waals surface area contributed by atoms with Gasteiger partial charge in [0, 0.05) is 0 Å². The van der Waals surface area contributed by atoms with Gasteiger partial charge >= 0.3 is 23.9 Å². The van der Waals surface area contributed by atoms with Crippen molar-refractivity contribution >= 4 is 70.9 Å². The second-order valence-electron chi connectivity index (χ2n) is 6.18. The highest BCUT2D eigenvalue weighted by Gasteiger charge is 2.36. The van der Waals surface area contributed by atoms with Crippen LogP contribution in [0.1, 0.15) is 6.42 Å². The van der Waals surface area contributed by atoms with Crippen LogP contribution in [0.25, 0.3) is 0 Å². The zero-order valence-electron chi connectivity index (χ0n) is 17.8. The van der Waals surface area contributed by atoms with Crippen LogP contribution >= 0.6 is 47.0 Å². The lowest BCUT2D eigenvalue weighted by atomic mass is 9.87. The van der Waals surface area contributed by atoms with Gasteiger partial charge in [0.1, 0.15) is 19.8 Å². The Morgan fingerprint density at radius 1 is 0.567 bits per heavy atom.